The molecule has 112 valence electrons. The standard InChI is InChI=1S/C15H24N4.HI/c1-12-6-9-19(10-7-12)15(16-3)18-11-14-13(2)5-4-8-17-14;/h4-5,8,12H,6-7,9-11H2,1-3H3,(H,16,18);1H. The minimum Gasteiger partial charge on any atom is -0.351 e. The van der Waals surface area contributed by atoms with Gasteiger partial charge in [-0.3, -0.25) is 9.98 Å². The van der Waals surface area contributed by atoms with Gasteiger partial charge in [-0.25, -0.2) is 0 Å². The highest BCUT2D eigenvalue weighted by molar-refractivity contribution is 14.0. The van der Waals surface area contributed by atoms with Crippen molar-refractivity contribution >= 4 is 29.9 Å². The van der Waals surface area contributed by atoms with E-state index in [2.05, 4.69) is 40.1 Å². The smallest absolute Gasteiger partial charge is 0.193 e. The summed E-state index contributed by atoms with van der Waals surface area (Å²) in [4.78, 5) is 11.1. The van der Waals surface area contributed by atoms with Crippen LogP contribution in [-0.4, -0.2) is 36.0 Å². The van der Waals surface area contributed by atoms with Gasteiger partial charge in [-0.1, -0.05) is 13.0 Å². The molecule has 0 spiro atoms. The van der Waals surface area contributed by atoms with Crippen LogP contribution in [-0.2, 0) is 6.54 Å². The Morgan fingerprint density at radius 3 is 2.75 bits per heavy atom. The van der Waals surface area contributed by atoms with Crippen molar-refractivity contribution in [3.63, 3.8) is 0 Å². The summed E-state index contributed by atoms with van der Waals surface area (Å²) in [5, 5.41) is 3.42. The van der Waals surface area contributed by atoms with Gasteiger partial charge in [0.05, 0.1) is 12.2 Å². The number of rotatable bonds is 2. The van der Waals surface area contributed by atoms with Gasteiger partial charge in [0.15, 0.2) is 5.96 Å². The summed E-state index contributed by atoms with van der Waals surface area (Å²) in [5.74, 6) is 1.84. The van der Waals surface area contributed by atoms with E-state index in [-0.39, 0.29) is 24.0 Å². The quantitative estimate of drug-likeness (QED) is 0.481. The van der Waals surface area contributed by atoms with Crippen LogP contribution in [0.3, 0.4) is 0 Å². The number of aryl methyl sites for hydroxylation is 1. The summed E-state index contributed by atoms with van der Waals surface area (Å²) in [6.45, 7) is 7.36. The first-order valence-corrected chi connectivity index (χ1v) is 7.06. The number of hydrogen-bond donors (Lipinski definition) is 1. The lowest BCUT2D eigenvalue weighted by Crippen LogP contribution is -2.45. The average molecular weight is 388 g/mol. The zero-order valence-electron chi connectivity index (χ0n) is 12.6. The fourth-order valence-corrected chi connectivity index (χ4v) is 2.42. The first-order chi connectivity index (χ1) is 9.20. The molecular formula is C15H25IN4. The first kappa shape index (κ1) is 17.2. The molecule has 4 nitrogen and oxygen atoms in total. The number of hydrogen-bond acceptors (Lipinski definition) is 2. The molecule has 1 fully saturated rings. The minimum absolute atomic E-state index is 0. The van der Waals surface area contributed by atoms with Crippen LogP contribution in [0.15, 0.2) is 23.3 Å². The molecule has 0 atom stereocenters. The molecule has 0 saturated carbocycles. The molecule has 1 aliphatic heterocycles. The van der Waals surface area contributed by atoms with E-state index in [1.54, 1.807) is 0 Å². The van der Waals surface area contributed by atoms with Crippen LogP contribution in [0.5, 0.6) is 0 Å². The lowest BCUT2D eigenvalue weighted by molar-refractivity contribution is 0.273. The highest BCUT2D eigenvalue weighted by Gasteiger charge is 2.18. The van der Waals surface area contributed by atoms with Crippen LogP contribution in [0.25, 0.3) is 0 Å². The third-order valence-corrected chi connectivity index (χ3v) is 3.83. The van der Waals surface area contributed by atoms with Crippen molar-refractivity contribution in [3.05, 3.63) is 29.6 Å². The Labute approximate surface area is 139 Å². The molecule has 1 saturated heterocycles. The van der Waals surface area contributed by atoms with E-state index in [9.17, 15) is 0 Å². The summed E-state index contributed by atoms with van der Waals surface area (Å²) in [5.41, 5.74) is 2.31. The molecule has 0 unspecified atom stereocenters. The van der Waals surface area contributed by atoms with E-state index in [4.69, 9.17) is 0 Å². The van der Waals surface area contributed by atoms with Gasteiger partial charge in [-0.05, 0) is 37.3 Å². The van der Waals surface area contributed by atoms with Gasteiger partial charge >= 0.3 is 0 Å². The van der Waals surface area contributed by atoms with Gasteiger partial charge in [0.1, 0.15) is 0 Å². The molecule has 0 aliphatic carbocycles. The van der Waals surface area contributed by atoms with Gasteiger partial charge in [-0.2, -0.15) is 0 Å². The molecule has 1 aromatic heterocycles. The van der Waals surface area contributed by atoms with Crippen LogP contribution in [0, 0.1) is 12.8 Å². The summed E-state index contributed by atoms with van der Waals surface area (Å²) in [7, 11) is 1.85. The predicted molar refractivity (Wildman–Crippen MR) is 94.6 cm³/mol. The maximum Gasteiger partial charge on any atom is 0.193 e. The number of likely N-dealkylation sites (tertiary alicyclic amines) is 1. The van der Waals surface area contributed by atoms with E-state index in [1.165, 1.54) is 18.4 Å². The molecule has 0 bridgehead atoms. The molecule has 1 aliphatic rings. The zero-order chi connectivity index (χ0) is 13.7. The van der Waals surface area contributed by atoms with Gasteiger partial charge in [0.2, 0.25) is 0 Å². The maximum absolute atomic E-state index is 4.41. The van der Waals surface area contributed by atoms with Crippen molar-refractivity contribution in [1.29, 1.82) is 0 Å². The van der Waals surface area contributed by atoms with Crippen molar-refractivity contribution in [1.82, 2.24) is 15.2 Å². The summed E-state index contributed by atoms with van der Waals surface area (Å²) < 4.78 is 0. The van der Waals surface area contributed by atoms with Crippen molar-refractivity contribution in [2.75, 3.05) is 20.1 Å². The molecule has 1 N–H and O–H groups in total. The first-order valence-electron chi connectivity index (χ1n) is 7.06. The summed E-state index contributed by atoms with van der Waals surface area (Å²) >= 11 is 0. The normalized spacial score (nSPS) is 16.8. The van der Waals surface area contributed by atoms with E-state index in [1.807, 2.05) is 19.3 Å². The Bertz CT molecular complexity index is 439. The number of piperidine rings is 1. The second-order valence-corrected chi connectivity index (χ2v) is 5.34. The number of halogens is 1. The van der Waals surface area contributed by atoms with Crippen molar-refractivity contribution in [2.45, 2.75) is 33.2 Å². The molecule has 0 amide bonds. The van der Waals surface area contributed by atoms with Gasteiger partial charge in [0.25, 0.3) is 0 Å². The van der Waals surface area contributed by atoms with Crippen LogP contribution in [0.1, 0.15) is 31.0 Å². The van der Waals surface area contributed by atoms with Crippen molar-refractivity contribution < 1.29 is 0 Å². The number of aromatic nitrogens is 1. The van der Waals surface area contributed by atoms with Crippen LogP contribution < -0.4 is 5.32 Å². The fourth-order valence-electron chi connectivity index (χ4n) is 2.42. The lowest BCUT2D eigenvalue weighted by Gasteiger charge is -2.32. The van der Waals surface area contributed by atoms with Gasteiger partial charge in [-0.15, -0.1) is 24.0 Å². The average Bonchev–Trinajstić information content (AvgIpc) is 2.43. The summed E-state index contributed by atoms with van der Waals surface area (Å²) in [6, 6.07) is 4.06. The molecule has 5 heteroatoms. The Balaban J connectivity index is 0.00000200. The minimum atomic E-state index is 0. The van der Waals surface area contributed by atoms with E-state index in [0.29, 0.717) is 0 Å². The number of pyridine rings is 1. The molecule has 0 radical (unpaired) electrons. The SMILES string of the molecule is CN=C(NCc1ncccc1C)N1CCC(C)CC1.I. The summed E-state index contributed by atoms with van der Waals surface area (Å²) in [6.07, 6.45) is 4.35. The number of guanidine groups is 1. The maximum atomic E-state index is 4.41. The molecule has 0 aromatic carbocycles. The number of aliphatic imine (C=N–C) groups is 1. The predicted octanol–water partition coefficient (Wildman–Crippen LogP) is 2.82. The largest absolute Gasteiger partial charge is 0.351 e. The van der Waals surface area contributed by atoms with Crippen molar-refractivity contribution in [2.24, 2.45) is 10.9 Å². The molecule has 2 heterocycles. The van der Waals surface area contributed by atoms with Gasteiger partial charge in [0, 0.05) is 26.3 Å². The third-order valence-electron chi connectivity index (χ3n) is 3.83. The molecular weight excluding hydrogens is 363 g/mol. The van der Waals surface area contributed by atoms with Crippen LogP contribution >= 0.6 is 24.0 Å². The lowest BCUT2D eigenvalue weighted by atomic mass is 10.00. The van der Waals surface area contributed by atoms with Crippen LogP contribution in [0.2, 0.25) is 0 Å². The topological polar surface area (TPSA) is 40.5 Å². The highest BCUT2D eigenvalue weighted by atomic mass is 127. The molecule has 1 aromatic rings. The Morgan fingerprint density at radius 1 is 1.45 bits per heavy atom. The highest BCUT2D eigenvalue weighted by Crippen LogP contribution is 2.16. The zero-order valence-corrected chi connectivity index (χ0v) is 14.9. The fraction of sp³-hybridized carbons (Fsp3) is 0.600. The van der Waals surface area contributed by atoms with E-state index in [0.717, 1.165) is 37.2 Å². The molecule has 2 rings (SSSR count). The number of nitrogens with one attached hydrogen (secondary N) is 1. The van der Waals surface area contributed by atoms with Crippen molar-refractivity contribution in [3.8, 4) is 0 Å². The second kappa shape index (κ2) is 8.44. The second-order valence-electron chi connectivity index (χ2n) is 5.34. The van der Waals surface area contributed by atoms with E-state index >= 15 is 0 Å². The number of nitrogens with zero attached hydrogens (tertiary/aromatic N) is 3. The molecule has 20 heavy (non-hydrogen) atoms. The Morgan fingerprint density at radius 2 is 2.15 bits per heavy atom. The Kier molecular flexibility index (Phi) is 7.26. The monoisotopic (exact) mass is 388 g/mol. The van der Waals surface area contributed by atoms with E-state index < -0.39 is 0 Å². The van der Waals surface area contributed by atoms with Crippen LogP contribution in [0.4, 0.5) is 0 Å². The third kappa shape index (κ3) is 4.61. The van der Waals surface area contributed by atoms with Gasteiger partial charge < -0.3 is 10.2 Å². The Hall–Kier alpha value is -0.850.